The molecule has 1 saturated heterocycles. The minimum atomic E-state index is -0.429. The van der Waals surface area contributed by atoms with Gasteiger partial charge in [0.05, 0.1) is 4.91 Å². The summed E-state index contributed by atoms with van der Waals surface area (Å²) in [6, 6.07) is 9.77. The number of nitrogens with one attached hydrogen (secondary N) is 1. The van der Waals surface area contributed by atoms with E-state index in [4.69, 9.17) is 0 Å². The van der Waals surface area contributed by atoms with Gasteiger partial charge in [0, 0.05) is 25.0 Å². The first kappa shape index (κ1) is 19.9. The molecule has 1 aliphatic rings. The first-order valence-corrected chi connectivity index (χ1v) is 9.78. The number of aryl methyl sites for hydroxylation is 2. The van der Waals surface area contributed by atoms with Gasteiger partial charge in [-0.3, -0.25) is 19.3 Å². The molecule has 1 N–H and O–H groups in total. The minimum absolute atomic E-state index is 0.277. The average Bonchev–Trinajstić information content (AvgIpc) is 3.06. The highest BCUT2D eigenvalue weighted by atomic mass is 32.2. The molecular formula is C21H23N3O3S. The predicted octanol–water partition coefficient (Wildman–Crippen LogP) is 3.30. The van der Waals surface area contributed by atoms with Crippen molar-refractivity contribution in [2.75, 3.05) is 6.54 Å². The zero-order valence-electron chi connectivity index (χ0n) is 16.4. The smallest absolute Gasteiger partial charge is 0.294 e. The van der Waals surface area contributed by atoms with Crippen LogP contribution in [0.15, 0.2) is 35.2 Å². The van der Waals surface area contributed by atoms with E-state index in [9.17, 15) is 14.4 Å². The second kappa shape index (κ2) is 8.06. The SMILES string of the molecule is Cc1ccc(CNC(=O)CN2C(=O)S/C(=C\c3cc(C)n(C)c3C)C2=O)cc1. The van der Waals surface area contributed by atoms with Gasteiger partial charge in [-0.1, -0.05) is 29.8 Å². The van der Waals surface area contributed by atoms with E-state index in [1.165, 1.54) is 0 Å². The van der Waals surface area contributed by atoms with E-state index in [-0.39, 0.29) is 12.5 Å². The molecule has 3 amide bonds. The summed E-state index contributed by atoms with van der Waals surface area (Å²) in [5.74, 6) is -0.794. The van der Waals surface area contributed by atoms with Gasteiger partial charge in [-0.05, 0) is 55.8 Å². The molecule has 2 aromatic rings. The van der Waals surface area contributed by atoms with Crippen molar-refractivity contribution in [2.24, 2.45) is 7.05 Å². The van der Waals surface area contributed by atoms with Crippen LogP contribution < -0.4 is 5.32 Å². The number of carbonyl (C=O) groups excluding carboxylic acids is 3. The van der Waals surface area contributed by atoms with Crippen LogP contribution in [0.25, 0.3) is 6.08 Å². The van der Waals surface area contributed by atoms with Gasteiger partial charge in [-0.15, -0.1) is 0 Å². The molecule has 0 radical (unpaired) electrons. The third kappa shape index (κ3) is 4.20. The number of rotatable bonds is 5. The van der Waals surface area contributed by atoms with Gasteiger partial charge in [-0.25, -0.2) is 0 Å². The number of imide groups is 1. The lowest BCUT2D eigenvalue weighted by atomic mass is 10.1. The van der Waals surface area contributed by atoms with Crippen molar-refractivity contribution in [3.05, 3.63) is 63.3 Å². The molecule has 0 aliphatic carbocycles. The Bertz CT molecular complexity index is 974. The third-order valence-electron chi connectivity index (χ3n) is 4.89. The summed E-state index contributed by atoms with van der Waals surface area (Å²) in [5, 5.41) is 2.33. The molecule has 0 unspecified atom stereocenters. The number of nitrogens with zero attached hydrogens (tertiary/aromatic N) is 2. The van der Waals surface area contributed by atoms with E-state index in [0.717, 1.165) is 44.7 Å². The molecule has 1 aliphatic heterocycles. The Morgan fingerprint density at radius 3 is 2.43 bits per heavy atom. The van der Waals surface area contributed by atoms with Crippen LogP contribution in [0.3, 0.4) is 0 Å². The number of aromatic nitrogens is 1. The lowest BCUT2D eigenvalue weighted by molar-refractivity contribution is -0.129. The van der Waals surface area contributed by atoms with Crippen LogP contribution >= 0.6 is 11.8 Å². The van der Waals surface area contributed by atoms with Crippen molar-refractivity contribution in [1.29, 1.82) is 0 Å². The Kier molecular flexibility index (Phi) is 5.74. The summed E-state index contributed by atoms with van der Waals surface area (Å²) in [7, 11) is 1.95. The van der Waals surface area contributed by atoms with E-state index in [1.807, 2.05) is 62.7 Å². The van der Waals surface area contributed by atoms with Crippen molar-refractivity contribution < 1.29 is 14.4 Å². The number of thioether (sulfide) groups is 1. The molecule has 0 atom stereocenters. The molecule has 1 aromatic carbocycles. The Morgan fingerprint density at radius 1 is 1.14 bits per heavy atom. The largest absolute Gasteiger partial charge is 0.352 e. The standard InChI is InChI=1S/C21H23N3O3S/c1-13-5-7-16(8-6-13)11-22-19(25)12-24-20(26)18(28-21(24)27)10-17-9-14(2)23(4)15(17)3/h5-10H,11-12H2,1-4H3,(H,22,25)/b18-10-. The van der Waals surface area contributed by atoms with Crippen LogP contribution in [0, 0.1) is 20.8 Å². The summed E-state index contributed by atoms with van der Waals surface area (Å²) in [4.78, 5) is 38.4. The normalized spacial score (nSPS) is 15.6. The number of amides is 3. The number of benzene rings is 1. The molecule has 0 saturated carbocycles. The maximum atomic E-state index is 12.6. The Hall–Kier alpha value is -2.80. The Morgan fingerprint density at radius 2 is 1.82 bits per heavy atom. The molecule has 28 heavy (non-hydrogen) atoms. The molecule has 0 bridgehead atoms. The molecular weight excluding hydrogens is 374 g/mol. The van der Waals surface area contributed by atoms with E-state index < -0.39 is 11.1 Å². The molecule has 2 heterocycles. The summed E-state index contributed by atoms with van der Waals surface area (Å²) in [6.07, 6.45) is 1.72. The topological polar surface area (TPSA) is 71.4 Å². The third-order valence-corrected chi connectivity index (χ3v) is 5.79. The fourth-order valence-corrected chi connectivity index (χ4v) is 3.74. The highest BCUT2D eigenvalue weighted by Crippen LogP contribution is 2.32. The van der Waals surface area contributed by atoms with Crippen LogP contribution in [0.2, 0.25) is 0 Å². The van der Waals surface area contributed by atoms with Crippen LogP contribution in [0.5, 0.6) is 0 Å². The zero-order chi connectivity index (χ0) is 20.4. The molecule has 1 aromatic heterocycles. The van der Waals surface area contributed by atoms with Crippen molar-refractivity contribution in [3.8, 4) is 0 Å². The molecule has 0 spiro atoms. The zero-order valence-corrected chi connectivity index (χ0v) is 17.2. The highest BCUT2D eigenvalue weighted by Gasteiger charge is 2.36. The fraction of sp³-hybridized carbons (Fsp3) is 0.286. The lowest BCUT2D eigenvalue weighted by Crippen LogP contribution is -2.39. The van der Waals surface area contributed by atoms with Crippen LogP contribution in [0.1, 0.15) is 28.1 Å². The van der Waals surface area contributed by atoms with Crippen LogP contribution in [-0.4, -0.2) is 33.1 Å². The molecule has 6 nitrogen and oxygen atoms in total. The molecule has 7 heteroatoms. The van der Waals surface area contributed by atoms with Gasteiger partial charge in [0.25, 0.3) is 11.1 Å². The fourth-order valence-electron chi connectivity index (χ4n) is 2.91. The first-order valence-electron chi connectivity index (χ1n) is 8.97. The summed E-state index contributed by atoms with van der Waals surface area (Å²) >= 11 is 0.868. The van der Waals surface area contributed by atoms with Gasteiger partial charge in [-0.2, -0.15) is 0 Å². The van der Waals surface area contributed by atoms with Crippen molar-refractivity contribution >= 4 is 34.9 Å². The predicted molar refractivity (Wildman–Crippen MR) is 111 cm³/mol. The van der Waals surface area contributed by atoms with Gasteiger partial charge < -0.3 is 9.88 Å². The second-order valence-corrected chi connectivity index (χ2v) is 7.91. The first-order chi connectivity index (χ1) is 13.3. The monoisotopic (exact) mass is 397 g/mol. The minimum Gasteiger partial charge on any atom is -0.352 e. The Labute approximate surface area is 168 Å². The van der Waals surface area contributed by atoms with E-state index in [2.05, 4.69) is 5.32 Å². The van der Waals surface area contributed by atoms with Gasteiger partial charge >= 0.3 is 0 Å². The van der Waals surface area contributed by atoms with Crippen LogP contribution in [0.4, 0.5) is 4.79 Å². The van der Waals surface area contributed by atoms with Gasteiger partial charge in [0.15, 0.2) is 0 Å². The highest BCUT2D eigenvalue weighted by molar-refractivity contribution is 8.18. The Balaban J connectivity index is 1.64. The van der Waals surface area contributed by atoms with Crippen molar-refractivity contribution in [2.45, 2.75) is 27.3 Å². The van der Waals surface area contributed by atoms with Gasteiger partial charge in [0.1, 0.15) is 6.54 Å². The van der Waals surface area contributed by atoms with Crippen molar-refractivity contribution in [3.63, 3.8) is 0 Å². The van der Waals surface area contributed by atoms with E-state index >= 15 is 0 Å². The summed E-state index contributed by atoms with van der Waals surface area (Å²) < 4.78 is 2.02. The lowest BCUT2D eigenvalue weighted by Gasteiger charge is -2.12. The maximum absolute atomic E-state index is 12.6. The summed E-state index contributed by atoms with van der Waals surface area (Å²) in [5.41, 5.74) is 5.08. The van der Waals surface area contributed by atoms with Crippen LogP contribution in [-0.2, 0) is 23.2 Å². The number of hydrogen-bond acceptors (Lipinski definition) is 4. The number of hydrogen-bond donors (Lipinski definition) is 1. The maximum Gasteiger partial charge on any atom is 0.294 e. The van der Waals surface area contributed by atoms with E-state index in [1.54, 1.807) is 6.08 Å². The second-order valence-electron chi connectivity index (χ2n) is 6.92. The average molecular weight is 398 g/mol. The quantitative estimate of drug-likeness (QED) is 0.786. The molecule has 3 rings (SSSR count). The summed E-state index contributed by atoms with van der Waals surface area (Å²) in [6.45, 7) is 6.01. The van der Waals surface area contributed by atoms with Gasteiger partial charge in [0.2, 0.25) is 5.91 Å². The van der Waals surface area contributed by atoms with E-state index in [0.29, 0.717) is 11.4 Å². The molecule has 1 fully saturated rings. The number of carbonyl (C=O) groups is 3. The molecule has 146 valence electrons. The van der Waals surface area contributed by atoms with Crippen molar-refractivity contribution in [1.82, 2.24) is 14.8 Å².